The topological polar surface area (TPSA) is 58.1 Å². The van der Waals surface area contributed by atoms with Crippen molar-refractivity contribution in [3.8, 4) is 5.75 Å². The number of guanidine groups is 1. The molecule has 0 unspecified atom stereocenters. The highest BCUT2D eigenvalue weighted by atomic mass is 127. The van der Waals surface area contributed by atoms with Gasteiger partial charge in [-0.15, -0.1) is 24.0 Å². The molecule has 0 radical (unpaired) electrons. The lowest BCUT2D eigenvalue weighted by Gasteiger charge is -2.27. The van der Waals surface area contributed by atoms with Crippen molar-refractivity contribution in [2.75, 3.05) is 47.0 Å². The van der Waals surface area contributed by atoms with Crippen LogP contribution < -0.4 is 15.4 Å². The highest BCUT2D eigenvalue weighted by Gasteiger charge is 2.12. The van der Waals surface area contributed by atoms with Crippen LogP contribution in [0.25, 0.3) is 0 Å². The molecule has 2 aromatic carbocycles. The van der Waals surface area contributed by atoms with Crippen LogP contribution >= 0.6 is 24.0 Å². The summed E-state index contributed by atoms with van der Waals surface area (Å²) in [5.41, 5.74) is 5.06. The van der Waals surface area contributed by atoms with Crippen molar-refractivity contribution in [1.82, 2.24) is 15.5 Å². The van der Waals surface area contributed by atoms with Crippen molar-refractivity contribution in [2.45, 2.75) is 26.4 Å². The fourth-order valence-electron chi connectivity index (χ4n) is 3.63. The number of methoxy groups -OCH3 is 1. The van der Waals surface area contributed by atoms with E-state index in [2.05, 4.69) is 69.9 Å². The van der Waals surface area contributed by atoms with Gasteiger partial charge in [0.25, 0.3) is 0 Å². The van der Waals surface area contributed by atoms with E-state index in [0.717, 1.165) is 69.6 Å². The number of hydrogen-bond acceptors (Lipinski definition) is 4. The van der Waals surface area contributed by atoms with Gasteiger partial charge in [0.15, 0.2) is 5.96 Å². The van der Waals surface area contributed by atoms with Crippen LogP contribution in [0.2, 0.25) is 0 Å². The predicted molar refractivity (Wildman–Crippen MR) is 138 cm³/mol. The van der Waals surface area contributed by atoms with Gasteiger partial charge in [0.05, 0.1) is 20.3 Å². The SMILES string of the molecule is CN=C(NCCc1ccc(C)c(OC)c1)NCc1ccccc1CN1CCOCC1.I. The predicted octanol–water partition coefficient (Wildman–Crippen LogP) is 3.36. The summed E-state index contributed by atoms with van der Waals surface area (Å²) in [7, 11) is 3.52. The number of aryl methyl sites for hydroxylation is 1. The molecule has 0 spiro atoms. The Hall–Kier alpha value is -1.84. The number of hydrogen-bond donors (Lipinski definition) is 2. The van der Waals surface area contributed by atoms with Crippen molar-refractivity contribution in [3.05, 3.63) is 64.7 Å². The lowest BCUT2D eigenvalue weighted by atomic mass is 10.1. The van der Waals surface area contributed by atoms with Crippen LogP contribution in [0.15, 0.2) is 47.5 Å². The molecule has 1 saturated heterocycles. The highest BCUT2D eigenvalue weighted by Crippen LogP contribution is 2.19. The molecule has 1 heterocycles. The van der Waals surface area contributed by atoms with E-state index in [0.29, 0.717) is 0 Å². The third-order valence-corrected chi connectivity index (χ3v) is 5.46. The Balaban J connectivity index is 0.00000341. The van der Waals surface area contributed by atoms with E-state index >= 15 is 0 Å². The summed E-state index contributed by atoms with van der Waals surface area (Å²) in [5, 5.41) is 6.86. The summed E-state index contributed by atoms with van der Waals surface area (Å²) < 4.78 is 10.9. The molecule has 0 amide bonds. The van der Waals surface area contributed by atoms with E-state index < -0.39 is 0 Å². The molecular weight excluding hydrogens is 503 g/mol. The minimum atomic E-state index is 0. The maximum atomic E-state index is 5.46. The van der Waals surface area contributed by atoms with E-state index in [1.807, 2.05) is 7.05 Å². The van der Waals surface area contributed by atoms with Gasteiger partial charge in [-0.3, -0.25) is 9.89 Å². The number of rotatable bonds is 8. The summed E-state index contributed by atoms with van der Waals surface area (Å²) >= 11 is 0. The molecule has 1 aliphatic heterocycles. The second-order valence-electron chi connectivity index (χ2n) is 7.56. The maximum Gasteiger partial charge on any atom is 0.191 e. The Bertz CT molecular complexity index is 838. The number of ether oxygens (including phenoxy) is 2. The largest absolute Gasteiger partial charge is 0.496 e. The zero-order valence-electron chi connectivity index (χ0n) is 18.8. The summed E-state index contributed by atoms with van der Waals surface area (Å²) in [6.45, 7) is 8.21. The lowest BCUT2D eigenvalue weighted by molar-refractivity contribution is 0.0341. The molecule has 2 N–H and O–H groups in total. The zero-order valence-corrected chi connectivity index (χ0v) is 21.1. The Morgan fingerprint density at radius 3 is 2.55 bits per heavy atom. The summed E-state index contributed by atoms with van der Waals surface area (Å²) in [6, 6.07) is 15.0. The van der Waals surface area contributed by atoms with Gasteiger partial charge in [-0.2, -0.15) is 0 Å². The molecule has 2 aromatic rings. The lowest BCUT2D eigenvalue weighted by Crippen LogP contribution is -2.38. The Kier molecular flexibility index (Phi) is 11.1. The number of nitrogens with zero attached hydrogens (tertiary/aromatic N) is 2. The molecule has 0 saturated carbocycles. The van der Waals surface area contributed by atoms with Crippen molar-refractivity contribution < 1.29 is 9.47 Å². The first kappa shape index (κ1) is 25.4. The fraction of sp³-hybridized carbons (Fsp3) is 0.458. The van der Waals surface area contributed by atoms with Crippen molar-refractivity contribution >= 4 is 29.9 Å². The van der Waals surface area contributed by atoms with Crippen molar-refractivity contribution in [3.63, 3.8) is 0 Å². The van der Waals surface area contributed by atoms with Gasteiger partial charge >= 0.3 is 0 Å². The molecule has 7 heteroatoms. The molecular formula is C24H35IN4O2. The third kappa shape index (κ3) is 7.97. The molecule has 6 nitrogen and oxygen atoms in total. The summed E-state index contributed by atoms with van der Waals surface area (Å²) in [6.07, 6.45) is 0.908. The first-order chi connectivity index (χ1) is 14.7. The van der Waals surface area contributed by atoms with Gasteiger partial charge in [-0.05, 0) is 41.7 Å². The number of benzene rings is 2. The molecule has 0 bridgehead atoms. The van der Waals surface area contributed by atoms with E-state index in [1.54, 1.807) is 7.11 Å². The zero-order chi connectivity index (χ0) is 21.2. The smallest absolute Gasteiger partial charge is 0.191 e. The number of morpholine rings is 1. The van der Waals surface area contributed by atoms with Gasteiger partial charge in [-0.1, -0.05) is 36.4 Å². The first-order valence-electron chi connectivity index (χ1n) is 10.6. The standard InChI is InChI=1S/C24H34N4O2.HI/c1-19-8-9-20(16-23(19)29-3)10-11-26-24(25-2)27-17-21-6-4-5-7-22(21)18-28-12-14-30-15-13-28;/h4-9,16H,10-15,17-18H2,1-3H3,(H2,25,26,27);1H. The van der Waals surface area contributed by atoms with Crippen LogP contribution in [0.4, 0.5) is 0 Å². The summed E-state index contributed by atoms with van der Waals surface area (Å²) in [5.74, 6) is 1.75. The van der Waals surface area contributed by atoms with Gasteiger partial charge in [0, 0.05) is 39.8 Å². The average Bonchev–Trinajstić information content (AvgIpc) is 2.78. The minimum absolute atomic E-state index is 0. The molecule has 0 aliphatic carbocycles. The molecule has 170 valence electrons. The van der Waals surface area contributed by atoms with Gasteiger partial charge in [0.2, 0.25) is 0 Å². The number of aliphatic imine (C=N–C) groups is 1. The maximum absolute atomic E-state index is 5.46. The van der Waals surface area contributed by atoms with E-state index in [1.165, 1.54) is 16.7 Å². The number of nitrogens with one attached hydrogen (secondary N) is 2. The monoisotopic (exact) mass is 538 g/mol. The molecule has 31 heavy (non-hydrogen) atoms. The fourth-order valence-corrected chi connectivity index (χ4v) is 3.63. The van der Waals surface area contributed by atoms with Crippen LogP contribution in [0.5, 0.6) is 5.75 Å². The third-order valence-electron chi connectivity index (χ3n) is 5.46. The average molecular weight is 538 g/mol. The number of halogens is 1. The normalized spacial score (nSPS) is 14.6. The van der Waals surface area contributed by atoms with Crippen LogP contribution in [-0.4, -0.2) is 57.9 Å². The van der Waals surface area contributed by atoms with Crippen molar-refractivity contribution in [1.29, 1.82) is 0 Å². The van der Waals surface area contributed by atoms with Crippen LogP contribution in [-0.2, 0) is 24.2 Å². The van der Waals surface area contributed by atoms with E-state index in [9.17, 15) is 0 Å². The quantitative estimate of drug-likeness (QED) is 0.307. The second-order valence-corrected chi connectivity index (χ2v) is 7.56. The molecule has 0 aromatic heterocycles. The molecule has 1 fully saturated rings. The van der Waals surface area contributed by atoms with Gasteiger partial charge in [0.1, 0.15) is 5.75 Å². The Labute approximate surface area is 203 Å². The van der Waals surface area contributed by atoms with Crippen LogP contribution in [0.1, 0.15) is 22.3 Å². The van der Waals surface area contributed by atoms with Crippen LogP contribution in [0, 0.1) is 6.92 Å². The van der Waals surface area contributed by atoms with Crippen molar-refractivity contribution in [2.24, 2.45) is 4.99 Å². The van der Waals surface area contributed by atoms with E-state index in [-0.39, 0.29) is 24.0 Å². The van der Waals surface area contributed by atoms with Gasteiger partial charge in [-0.25, -0.2) is 0 Å². The first-order valence-corrected chi connectivity index (χ1v) is 10.6. The molecule has 0 atom stereocenters. The second kappa shape index (κ2) is 13.5. The molecule has 1 aliphatic rings. The highest BCUT2D eigenvalue weighted by molar-refractivity contribution is 14.0. The summed E-state index contributed by atoms with van der Waals surface area (Å²) in [4.78, 5) is 6.82. The van der Waals surface area contributed by atoms with Crippen LogP contribution in [0.3, 0.4) is 0 Å². The van der Waals surface area contributed by atoms with Gasteiger partial charge < -0.3 is 20.1 Å². The minimum Gasteiger partial charge on any atom is -0.496 e. The molecule has 3 rings (SSSR count). The Morgan fingerprint density at radius 2 is 1.84 bits per heavy atom. The Morgan fingerprint density at radius 1 is 1.10 bits per heavy atom. The van der Waals surface area contributed by atoms with E-state index in [4.69, 9.17) is 9.47 Å².